The summed E-state index contributed by atoms with van der Waals surface area (Å²) in [5, 5.41) is 5.91. The maximum absolute atomic E-state index is 13.2. The van der Waals surface area contributed by atoms with Gasteiger partial charge in [-0.05, 0) is 68.6 Å². The lowest BCUT2D eigenvalue weighted by Gasteiger charge is -2.59. The minimum absolute atomic E-state index is 0.0396. The second kappa shape index (κ2) is 5.22. The number of hydrogen-bond donors (Lipinski definition) is 2. The molecule has 1 heterocycles. The van der Waals surface area contributed by atoms with Crippen molar-refractivity contribution in [2.75, 3.05) is 17.2 Å². The molecule has 1 aromatic carbocycles. The molecule has 0 radical (unpaired) electrons. The van der Waals surface area contributed by atoms with Crippen molar-refractivity contribution in [2.24, 2.45) is 17.3 Å². The molecule has 2 N–H and O–H groups in total. The zero-order chi connectivity index (χ0) is 17.2. The zero-order valence-corrected chi connectivity index (χ0v) is 15.5. The highest BCUT2D eigenvalue weighted by atomic mass is 79.9. The van der Waals surface area contributed by atoms with Gasteiger partial charge >= 0.3 is 0 Å². The van der Waals surface area contributed by atoms with Crippen LogP contribution in [0.2, 0.25) is 0 Å². The first kappa shape index (κ1) is 15.7. The van der Waals surface area contributed by atoms with Gasteiger partial charge in [0.2, 0.25) is 5.91 Å². The maximum atomic E-state index is 13.2. The standard InChI is InChI=1S/C19H21BrN2O3/c20-19-7-11-3-12(8-19)6-18(5-11,10-19)17(24)21-13-1-2-15-14(4-13)22-16(23)9-25-15/h1-2,4,11-12H,3,5-10H2,(H,21,24)(H,22,23). The Bertz CT molecular complexity index is 764. The summed E-state index contributed by atoms with van der Waals surface area (Å²) in [7, 11) is 0. The Labute approximate surface area is 155 Å². The van der Waals surface area contributed by atoms with Crippen molar-refractivity contribution in [3.8, 4) is 5.75 Å². The smallest absolute Gasteiger partial charge is 0.262 e. The Morgan fingerprint density at radius 2 is 2.00 bits per heavy atom. The first-order chi connectivity index (χ1) is 11.9. The topological polar surface area (TPSA) is 67.4 Å². The number of carbonyl (C=O) groups excluding carboxylic acids is 2. The van der Waals surface area contributed by atoms with Crippen LogP contribution in [-0.2, 0) is 9.59 Å². The molecule has 132 valence electrons. The summed E-state index contributed by atoms with van der Waals surface area (Å²) in [5.74, 6) is 1.95. The molecule has 0 spiro atoms. The number of halogens is 1. The number of nitrogens with one attached hydrogen (secondary N) is 2. The van der Waals surface area contributed by atoms with E-state index in [4.69, 9.17) is 4.74 Å². The van der Waals surface area contributed by atoms with Gasteiger partial charge in [0, 0.05) is 10.0 Å². The van der Waals surface area contributed by atoms with Crippen LogP contribution in [0.1, 0.15) is 38.5 Å². The van der Waals surface area contributed by atoms with E-state index in [0.29, 0.717) is 29.0 Å². The van der Waals surface area contributed by atoms with Crippen molar-refractivity contribution in [3.63, 3.8) is 0 Å². The third kappa shape index (κ3) is 2.57. The van der Waals surface area contributed by atoms with E-state index in [2.05, 4.69) is 26.6 Å². The predicted molar refractivity (Wildman–Crippen MR) is 98.0 cm³/mol. The molecule has 6 heteroatoms. The minimum atomic E-state index is -0.247. The van der Waals surface area contributed by atoms with Gasteiger partial charge in [-0.15, -0.1) is 0 Å². The van der Waals surface area contributed by atoms with E-state index < -0.39 is 0 Å². The average molecular weight is 405 g/mol. The van der Waals surface area contributed by atoms with E-state index >= 15 is 0 Å². The van der Waals surface area contributed by atoms with Gasteiger partial charge in [-0.25, -0.2) is 0 Å². The van der Waals surface area contributed by atoms with Crippen LogP contribution in [0.3, 0.4) is 0 Å². The molecule has 2 atom stereocenters. The largest absolute Gasteiger partial charge is 0.482 e. The first-order valence-electron chi connectivity index (χ1n) is 9.00. The molecule has 25 heavy (non-hydrogen) atoms. The van der Waals surface area contributed by atoms with Gasteiger partial charge in [0.15, 0.2) is 6.61 Å². The average Bonchev–Trinajstić information content (AvgIpc) is 2.52. The molecule has 5 aliphatic rings. The number of anilines is 2. The van der Waals surface area contributed by atoms with E-state index in [1.165, 1.54) is 19.3 Å². The molecule has 2 unspecified atom stereocenters. The second-order valence-corrected chi connectivity index (χ2v) is 10.1. The van der Waals surface area contributed by atoms with Crippen molar-refractivity contribution in [2.45, 2.75) is 42.8 Å². The highest BCUT2D eigenvalue weighted by molar-refractivity contribution is 9.10. The minimum Gasteiger partial charge on any atom is -0.482 e. The van der Waals surface area contributed by atoms with Crippen LogP contribution in [0.15, 0.2) is 18.2 Å². The molecular weight excluding hydrogens is 384 g/mol. The molecule has 4 bridgehead atoms. The fourth-order valence-corrected chi connectivity index (χ4v) is 7.29. The summed E-state index contributed by atoms with van der Waals surface area (Å²) in [4.78, 5) is 24.7. The number of alkyl halides is 1. The summed E-state index contributed by atoms with van der Waals surface area (Å²) >= 11 is 3.96. The normalized spacial score (nSPS) is 37.9. The molecule has 1 aliphatic heterocycles. The third-order valence-electron chi connectivity index (χ3n) is 6.34. The van der Waals surface area contributed by atoms with E-state index in [1.807, 2.05) is 6.07 Å². The molecule has 0 aromatic heterocycles. The Balaban J connectivity index is 1.39. The molecule has 1 aromatic rings. The SMILES string of the molecule is O=C1COc2ccc(NC(=O)C34CC5CC(CC(Br)(C5)C3)C4)cc2N1. The van der Waals surface area contributed by atoms with E-state index in [0.717, 1.165) is 19.3 Å². The summed E-state index contributed by atoms with van der Waals surface area (Å²) in [6.45, 7) is 0.0396. The lowest BCUT2D eigenvalue weighted by Crippen LogP contribution is -2.57. The number of amides is 2. The quantitative estimate of drug-likeness (QED) is 0.738. The highest BCUT2D eigenvalue weighted by Gasteiger charge is 2.59. The van der Waals surface area contributed by atoms with Crippen molar-refractivity contribution in [3.05, 3.63) is 18.2 Å². The summed E-state index contributed by atoms with van der Waals surface area (Å²) in [6, 6.07) is 5.43. The Morgan fingerprint density at radius 1 is 1.24 bits per heavy atom. The fourth-order valence-electron chi connectivity index (χ4n) is 5.84. The van der Waals surface area contributed by atoms with Crippen LogP contribution in [-0.4, -0.2) is 22.7 Å². The van der Waals surface area contributed by atoms with Crippen molar-refractivity contribution >= 4 is 39.1 Å². The van der Waals surface area contributed by atoms with Crippen LogP contribution >= 0.6 is 15.9 Å². The Kier molecular flexibility index (Phi) is 3.28. The van der Waals surface area contributed by atoms with Gasteiger partial charge in [0.05, 0.1) is 11.1 Å². The molecule has 4 aliphatic carbocycles. The first-order valence-corrected chi connectivity index (χ1v) is 9.80. The number of fused-ring (bicyclic) bond motifs is 1. The van der Waals surface area contributed by atoms with Gasteiger partial charge in [0.1, 0.15) is 5.75 Å². The third-order valence-corrected chi connectivity index (χ3v) is 7.27. The van der Waals surface area contributed by atoms with Crippen LogP contribution in [0.25, 0.3) is 0 Å². The van der Waals surface area contributed by atoms with Gasteiger partial charge in [0.25, 0.3) is 5.91 Å². The summed E-state index contributed by atoms with van der Waals surface area (Å²) in [5.41, 5.74) is 1.09. The number of ether oxygens (including phenoxy) is 1. The van der Waals surface area contributed by atoms with E-state index in [-0.39, 0.29) is 28.2 Å². The van der Waals surface area contributed by atoms with Crippen LogP contribution in [0.5, 0.6) is 5.75 Å². The number of rotatable bonds is 2. The molecule has 4 fully saturated rings. The maximum Gasteiger partial charge on any atom is 0.262 e. The molecule has 6 rings (SSSR count). The number of carbonyl (C=O) groups is 2. The zero-order valence-electron chi connectivity index (χ0n) is 13.9. The predicted octanol–water partition coefficient (Wildman–Crippen LogP) is 3.69. The second-order valence-electron chi connectivity index (χ2n) is 8.39. The van der Waals surface area contributed by atoms with Crippen LogP contribution in [0.4, 0.5) is 11.4 Å². The van der Waals surface area contributed by atoms with Gasteiger partial charge < -0.3 is 15.4 Å². The van der Waals surface area contributed by atoms with Crippen molar-refractivity contribution < 1.29 is 14.3 Å². The molecule has 2 amide bonds. The molecule has 5 nitrogen and oxygen atoms in total. The summed E-state index contributed by atoms with van der Waals surface area (Å²) < 4.78 is 5.54. The van der Waals surface area contributed by atoms with E-state index in [1.54, 1.807) is 12.1 Å². The number of benzene rings is 1. The molecule has 4 saturated carbocycles. The Morgan fingerprint density at radius 3 is 2.72 bits per heavy atom. The monoisotopic (exact) mass is 404 g/mol. The van der Waals surface area contributed by atoms with Crippen molar-refractivity contribution in [1.82, 2.24) is 0 Å². The van der Waals surface area contributed by atoms with Gasteiger partial charge in [-0.2, -0.15) is 0 Å². The van der Waals surface area contributed by atoms with Gasteiger partial charge in [-0.1, -0.05) is 15.9 Å². The lowest BCUT2D eigenvalue weighted by atomic mass is 9.49. The van der Waals surface area contributed by atoms with Crippen LogP contribution < -0.4 is 15.4 Å². The number of hydrogen-bond acceptors (Lipinski definition) is 3. The Hall–Kier alpha value is -1.56. The van der Waals surface area contributed by atoms with E-state index in [9.17, 15) is 9.59 Å². The van der Waals surface area contributed by atoms with Crippen LogP contribution in [0, 0.1) is 17.3 Å². The fraction of sp³-hybridized carbons (Fsp3) is 0.579. The summed E-state index contributed by atoms with van der Waals surface area (Å²) in [6.07, 6.45) is 6.65. The molecule has 0 saturated heterocycles. The van der Waals surface area contributed by atoms with Crippen molar-refractivity contribution in [1.29, 1.82) is 0 Å². The molecular formula is C19H21BrN2O3. The lowest BCUT2D eigenvalue weighted by molar-refractivity contribution is -0.138. The highest BCUT2D eigenvalue weighted by Crippen LogP contribution is 2.64. The van der Waals surface area contributed by atoms with Gasteiger partial charge in [-0.3, -0.25) is 9.59 Å².